The molecule has 0 saturated heterocycles. The highest BCUT2D eigenvalue weighted by Gasteiger charge is 1.99. The molecule has 1 aromatic heterocycles. The molecule has 4 heteroatoms. The minimum absolute atomic E-state index is 0.366. The molecule has 0 aliphatic carbocycles. The molecule has 1 atom stereocenters. The maximum absolute atomic E-state index is 3.95. The van der Waals surface area contributed by atoms with Gasteiger partial charge in [0.15, 0.2) is 0 Å². The van der Waals surface area contributed by atoms with Gasteiger partial charge in [-0.15, -0.1) is 0 Å². The van der Waals surface area contributed by atoms with Crippen LogP contribution in [0, 0.1) is 0 Å². The van der Waals surface area contributed by atoms with E-state index in [0.717, 1.165) is 5.82 Å². The Kier molecular flexibility index (Phi) is 2.32. The van der Waals surface area contributed by atoms with E-state index in [1.165, 1.54) is 12.7 Å². The van der Waals surface area contributed by atoms with Gasteiger partial charge in [-0.05, 0) is 6.92 Å². The van der Waals surface area contributed by atoms with Crippen molar-refractivity contribution in [2.45, 2.75) is 10.8 Å². The quantitative estimate of drug-likeness (QED) is 0.545. The summed E-state index contributed by atoms with van der Waals surface area (Å²) in [7, 11) is 0. The number of halogens is 1. The third-order valence-electron chi connectivity index (χ3n) is 0.869. The molecule has 0 amide bonds. The molecule has 48 valence electrons. The van der Waals surface area contributed by atoms with E-state index in [2.05, 4.69) is 37.5 Å². The second-order valence-electron chi connectivity index (χ2n) is 1.61. The summed E-state index contributed by atoms with van der Waals surface area (Å²) in [6.45, 7) is 2.04. The van der Waals surface area contributed by atoms with Crippen LogP contribution in [-0.2, 0) is 0 Å². The average molecular weight is 235 g/mol. The van der Waals surface area contributed by atoms with E-state index in [-0.39, 0.29) is 0 Å². The van der Waals surface area contributed by atoms with Gasteiger partial charge in [-0.2, -0.15) is 0 Å². The molecule has 0 fully saturated rings. The van der Waals surface area contributed by atoms with Crippen molar-refractivity contribution in [1.29, 1.82) is 0 Å². The molecule has 0 aliphatic heterocycles. The summed E-state index contributed by atoms with van der Waals surface area (Å²) < 4.78 is 0.366. The van der Waals surface area contributed by atoms with Gasteiger partial charge in [0.1, 0.15) is 18.5 Å². The van der Waals surface area contributed by atoms with Crippen molar-refractivity contribution in [3.8, 4) is 0 Å². The van der Waals surface area contributed by atoms with Gasteiger partial charge in [0.2, 0.25) is 0 Å². The summed E-state index contributed by atoms with van der Waals surface area (Å²) in [6.07, 6.45) is 3.02. The van der Waals surface area contributed by atoms with Crippen LogP contribution in [0.5, 0.6) is 0 Å². The van der Waals surface area contributed by atoms with Crippen LogP contribution in [0.4, 0.5) is 0 Å². The standard InChI is InChI=1S/C5H6IN3/c1-4(6)5-8-2-7-3-9-5/h2-4H,1H3. The maximum Gasteiger partial charge on any atom is 0.144 e. The van der Waals surface area contributed by atoms with E-state index < -0.39 is 0 Å². The number of alkyl halides is 1. The lowest BCUT2D eigenvalue weighted by molar-refractivity contribution is 0.900. The average Bonchev–Trinajstić information content (AvgIpc) is 1.90. The molecule has 1 heterocycles. The normalized spacial score (nSPS) is 13.1. The molecule has 0 N–H and O–H groups in total. The van der Waals surface area contributed by atoms with Gasteiger partial charge in [-0.3, -0.25) is 0 Å². The molecule has 3 nitrogen and oxygen atoms in total. The fourth-order valence-electron chi connectivity index (χ4n) is 0.454. The van der Waals surface area contributed by atoms with Gasteiger partial charge in [0, 0.05) is 0 Å². The molecule has 0 saturated carbocycles. The minimum atomic E-state index is 0.366. The Bertz CT molecular complexity index is 175. The second kappa shape index (κ2) is 3.05. The molecular formula is C5H6IN3. The van der Waals surface area contributed by atoms with Gasteiger partial charge in [0.05, 0.1) is 3.92 Å². The second-order valence-corrected chi connectivity index (χ2v) is 3.48. The number of rotatable bonds is 1. The van der Waals surface area contributed by atoms with Gasteiger partial charge in [-0.25, -0.2) is 15.0 Å². The summed E-state index contributed by atoms with van der Waals surface area (Å²) in [4.78, 5) is 11.6. The molecule has 1 unspecified atom stereocenters. The van der Waals surface area contributed by atoms with E-state index >= 15 is 0 Å². The first-order chi connectivity index (χ1) is 4.30. The molecule has 0 aromatic carbocycles. The summed E-state index contributed by atoms with van der Waals surface area (Å²) in [5.41, 5.74) is 0. The highest BCUT2D eigenvalue weighted by molar-refractivity contribution is 14.1. The zero-order valence-corrected chi connectivity index (χ0v) is 7.11. The third-order valence-corrected chi connectivity index (χ3v) is 1.43. The molecule has 1 rings (SSSR count). The van der Waals surface area contributed by atoms with E-state index in [4.69, 9.17) is 0 Å². The van der Waals surface area contributed by atoms with E-state index in [1.807, 2.05) is 6.92 Å². The summed E-state index contributed by atoms with van der Waals surface area (Å²) in [6, 6.07) is 0. The van der Waals surface area contributed by atoms with Crippen LogP contribution in [-0.4, -0.2) is 15.0 Å². The van der Waals surface area contributed by atoms with Crippen molar-refractivity contribution in [2.24, 2.45) is 0 Å². The third kappa shape index (κ3) is 1.85. The summed E-state index contributed by atoms with van der Waals surface area (Å²) in [5.74, 6) is 0.839. The van der Waals surface area contributed by atoms with Crippen molar-refractivity contribution in [3.63, 3.8) is 0 Å². The number of aromatic nitrogens is 3. The highest BCUT2D eigenvalue weighted by atomic mass is 127. The van der Waals surface area contributed by atoms with Gasteiger partial charge in [0.25, 0.3) is 0 Å². The molecule has 0 bridgehead atoms. The molecule has 1 aromatic rings. The molecular weight excluding hydrogens is 229 g/mol. The largest absolute Gasteiger partial charge is 0.225 e. The highest BCUT2D eigenvalue weighted by Crippen LogP contribution is 2.15. The topological polar surface area (TPSA) is 38.7 Å². The predicted octanol–water partition coefficient (Wildman–Crippen LogP) is 1.37. The van der Waals surface area contributed by atoms with Crippen LogP contribution >= 0.6 is 22.6 Å². The molecule has 0 aliphatic rings. The lowest BCUT2D eigenvalue weighted by Gasteiger charge is -1.96. The SMILES string of the molecule is CC(I)c1ncncn1. The van der Waals surface area contributed by atoms with Crippen LogP contribution in [0.3, 0.4) is 0 Å². The Morgan fingerprint density at radius 1 is 1.44 bits per heavy atom. The first kappa shape index (κ1) is 6.85. The summed E-state index contributed by atoms with van der Waals surface area (Å²) in [5, 5.41) is 0. The van der Waals surface area contributed by atoms with Crippen LogP contribution in [0.2, 0.25) is 0 Å². The Morgan fingerprint density at radius 3 is 2.33 bits per heavy atom. The monoisotopic (exact) mass is 235 g/mol. The molecule has 0 spiro atoms. The van der Waals surface area contributed by atoms with Gasteiger partial charge < -0.3 is 0 Å². The van der Waals surface area contributed by atoms with E-state index in [9.17, 15) is 0 Å². The van der Waals surface area contributed by atoms with Crippen LogP contribution in [0.1, 0.15) is 16.7 Å². The van der Waals surface area contributed by atoms with Crippen molar-refractivity contribution >= 4 is 22.6 Å². The van der Waals surface area contributed by atoms with Crippen LogP contribution in [0.15, 0.2) is 12.7 Å². The number of hydrogen-bond donors (Lipinski definition) is 0. The van der Waals surface area contributed by atoms with Crippen LogP contribution in [0.25, 0.3) is 0 Å². The predicted molar refractivity (Wildman–Crippen MR) is 42.3 cm³/mol. The van der Waals surface area contributed by atoms with Gasteiger partial charge in [-0.1, -0.05) is 22.6 Å². The molecule has 9 heavy (non-hydrogen) atoms. The lowest BCUT2D eigenvalue weighted by Crippen LogP contribution is -1.93. The first-order valence-corrected chi connectivity index (χ1v) is 3.81. The maximum atomic E-state index is 3.95. The van der Waals surface area contributed by atoms with E-state index in [0.29, 0.717) is 3.92 Å². The fourth-order valence-corrected chi connectivity index (χ4v) is 0.775. The van der Waals surface area contributed by atoms with Crippen molar-refractivity contribution in [1.82, 2.24) is 15.0 Å². The Balaban J connectivity index is 2.85. The number of hydrogen-bond acceptors (Lipinski definition) is 3. The van der Waals surface area contributed by atoms with Crippen molar-refractivity contribution in [2.75, 3.05) is 0 Å². The van der Waals surface area contributed by atoms with Crippen molar-refractivity contribution in [3.05, 3.63) is 18.5 Å². The zero-order valence-electron chi connectivity index (χ0n) is 4.95. The first-order valence-electron chi connectivity index (χ1n) is 2.56. The van der Waals surface area contributed by atoms with E-state index in [1.54, 1.807) is 0 Å². The Morgan fingerprint density at radius 2 is 2.00 bits per heavy atom. The Hall–Kier alpha value is -0.260. The lowest BCUT2D eigenvalue weighted by atomic mass is 10.5. The fraction of sp³-hybridized carbons (Fsp3) is 0.400. The Labute approximate surface area is 67.1 Å². The number of nitrogens with zero attached hydrogens (tertiary/aromatic N) is 3. The minimum Gasteiger partial charge on any atom is -0.225 e. The van der Waals surface area contributed by atoms with Crippen molar-refractivity contribution < 1.29 is 0 Å². The van der Waals surface area contributed by atoms with Gasteiger partial charge >= 0.3 is 0 Å². The van der Waals surface area contributed by atoms with Crippen LogP contribution < -0.4 is 0 Å². The molecule has 0 radical (unpaired) electrons. The smallest absolute Gasteiger partial charge is 0.144 e. The summed E-state index contributed by atoms with van der Waals surface area (Å²) >= 11 is 2.26. The zero-order chi connectivity index (χ0) is 6.69.